The fraction of sp³-hybridized carbons (Fsp3) is 0.364. The fourth-order valence-corrected chi connectivity index (χ4v) is 3.32. The van der Waals surface area contributed by atoms with E-state index in [-0.39, 0.29) is 16.5 Å². The summed E-state index contributed by atoms with van der Waals surface area (Å²) in [5.41, 5.74) is 0.182. The van der Waals surface area contributed by atoms with Gasteiger partial charge in [0.05, 0.1) is 12.2 Å². The third-order valence-electron chi connectivity index (χ3n) is 4.89. The molecule has 6 nitrogen and oxygen atoms in total. The second kappa shape index (κ2) is 9.28. The van der Waals surface area contributed by atoms with Crippen molar-refractivity contribution in [3.63, 3.8) is 0 Å². The number of alkyl halides is 3. The van der Waals surface area contributed by atoms with Crippen molar-refractivity contribution in [1.82, 2.24) is 4.98 Å². The molecule has 0 saturated heterocycles. The van der Waals surface area contributed by atoms with Gasteiger partial charge in [0.25, 0.3) is 0 Å². The molecule has 31 heavy (non-hydrogen) atoms. The summed E-state index contributed by atoms with van der Waals surface area (Å²) < 4.78 is 50.6. The smallest absolute Gasteiger partial charge is 0.420 e. The lowest BCUT2D eigenvalue weighted by atomic mass is 10.0. The minimum absolute atomic E-state index is 0.0407. The number of hydrogen-bond acceptors (Lipinski definition) is 5. The van der Waals surface area contributed by atoms with E-state index in [1.165, 1.54) is 18.3 Å². The van der Waals surface area contributed by atoms with E-state index in [1.54, 1.807) is 12.1 Å². The molecule has 3 aromatic rings. The molecule has 0 saturated carbocycles. The molecule has 0 aliphatic rings. The van der Waals surface area contributed by atoms with Crippen molar-refractivity contribution in [3.05, 3.63) is 53.4 Å². The summed E-state index contributed by atoms with van der Waals surface area (Å²) >= 11 is 0. The molecule has 0 atom stereocenters. The van der Waals surface area contributed by atoms with Gasteiger partial charge in [0.2, 0.25) is 0 Å². The first-order valence-corrected chi connectivity index (χ1v) is 9.86. The van der Waals surface area contributed by atoms with Crippen LogP contribution in [0.1, 0.15) is 41.3 Å². The Bertz CT molecular complexity index is 1050. The molecule has 0 amide bonds. The summed E-state index contributed by atoms with van der Waals surface area (Å²) in [6.07, 6.45) is -0.511. The second-order valence-electron chi connectivity index (χ2n) is 7.15. The van der Waals surface area contributed by atoms with Crippen molar-refractivity contribution in [2.24, 2.45) is 0 Å². The summed E-state index contributed by atoms with van der Waals surface area (Å²) in [4.78, 5) is 16.9. The lowest BCUT2D eigenvalue weighted by Crippen LogP contribution is -2.21. The van der Waals surface area contributed by atoms with Crippen LogP contribution in [-0.2, 0) is 12.6 Å². The zero-order valence-electron chi connectivity index (χ0n) is 17.2. The number of aromatic nitrogens is 1. The number of benzene rings is 1. The van der Waals surface area contributed by atoms with E-state index >= 15 is 0 Å². The highest BCUT2D eigenvalue weighted by Crippen LogP contribution is 2.39. The first kappa shape index (κ1) is 22.5. The Balaban J connectivity index is 1.65. The minimum Gasteiger partial charge on any atom is -0.493 e. The molecular formula is C22H23F3N2O4. The molecule has 3 rings (SSSR count). The van der Waals surface area contributed by atoms with Crippen molar-refractivity contribution in [2.75, 3.05) is 25.1 Å². The minimum atomic E-state index is -4.47. The Labute approximate surface area is 177 Å². The summed E-state index contributed by atoms with van der Waals surface area (Å²) in [7, 11) is 1.83. The molecule has 0 fully saturated rings. The van der Waals surface area contributed by atoms with Gasteiger partial charge in [-0.15, -0.1) is 0 Å². The Morgan fingerprint density at radius 1 is 1.26 bits per heavy atom. The average molecular weight is 436 g/mol. The van der Waals surface area contributed by atoms with E-state index in [0.29, 0.717) is 43.1 Å². The number of carbonyl (C=O) groups is 1. The number of carboxylic acid groups (broad SMARTS) is 1. The van der Waals surface area contributed by atoms with E-state index < -0.39 is 17.7 Å². The van der Waals surface area contributed by atoms with Crippen molar-refractivity contribution >= 4 is 22.8 Å². The second-order valence-corrected chi connectivity index (χ2v) is 7.15. The van der Waals surface area contributed by atoms with Crippen LogP contribution in [0.25, 0.3) is 11.0 Å². The van der Waals surface area contributed by atoms with E-state index in [2.05, 4.69) is 4.98 Å². The van der Waals surface area contributed by atoms with Crippen molar-refractivity contribution in [1.29, 1.82) is 0 Å². The molecule has 166 valence electrons. The maximum absolute atomic E-state index is 13.2. The molecule has 0 bridgehead atoms. The van der Waals surface area contributed by atoms with E-state index in [0.717, 1.165) is 12.7 Å². The zero-order chi connectivity index (χ0) is 22.6. The fourth-order valence-electron chi connectivity index (χ4n) is 3.32. The third-order valence-corrected chi connectivity index (χ3v) is 4.89. The Hall–Kier alpha value is -3.23. The van der Waals surface area contributed by atoms with Gasteiger partial charge in [-0.3, -0.25) is 0 Å². The number of aromatic carboxylic acids is 1. The molecule has 9 heteroatoms. The first-order valence-electron chi connectivity index (χ1n) is 9.86. The van der Waals surface area contributed by atoms with E-state index in [1.807, 2.05) is 18.9 Å². The number of furan rings is 1. The van der Waals surface area contributed by atoms with Gasteiger partial charge >= 0.3 is 12.1 Å². The normalized spacial score (nSPS) is 11.6. The van der Waals surface area contributed by atoms with Crippen LogP contribution in [0.15, 0.2) is 41.1 Å². The Morgan fingerprint density at radius 3 is 2.65 bits per heavy atom. The van der Waals surface area contributed by atoms with Crippen LogP contribution in [0, 0.1) is 0 Å². The molecule has 1 N–H and O–H groups in total. The maximum atomic E-state index is 13.2. The van der Waals surface area contributed by atoms with Gasteiger partial charge in [0, 0.05) is 30.7 Å². The van der Waals surface area contributed by atoms with Gasteiger partial charge < -0.3 is 19.2 Å². The molecule has 0 spiro atoms. The summed E-state index contributed by atoms with van der Waals surface area (Å²) in [6, 6.07) is 6.07. The topological polar surface area (TPSA) is 75.8 Å². The van der Waals surface area contributed by atoms with Crippen LogP contribution in [0.2, 0.25) is 0 Å². The summed E-state index contributed by atoms with van der Waals surface area (Å²) in [6.45, 7) is 2.89. The van der Waals surface area contributed by atoms with Crippen LogP contribution in [0.3, 0.4) is 0 Å². The molecule has 0 aliphatic heterocycles. The number of rotatable bonds is 9. The van der Waals surface area contributed by atoms with Gasteiger partial charge in [-0.05, 0) is 37.1 Å². The predicted octanol–water partition coefficient (Wildman–Crippen LogP) is 5.40. The SMILES string of the molecule is CCCc1c(OCCCN(C)c2ccc(C(=O)O)cn2)ccc2c(C(F)(F)F)coc12. The van der Waals surface area contributed by atoms with Gasteiger partial charge in [-0.2, -0.15) is 13.2 Å². The molecule has 0 radical (unpaired) electrons. The number of ether oxygens (including phenoxy) is 1. The van der Waals surface area contributed by atoms with Crippen molar-refractivity contribution in [3.8, 4) is 5.75 Å². The van der Waals surface area contributed by atoms with E-state index in [4.69, 9.17) is 14.3 Å². The molecule has 2 aromatic heterocycles. The number of aryl methyl sites for hydroxylation is 1. The number of halogens is 3. The zero-order valence-corrected chi connectivity index (χ0v) is 17.2. The van der Waals surface area contributed by atoms with Crippen LogP contribution < -0.4 is 9.64 Å². The maximum Gasteiger partial charge on any atom is 0.420 e. The van der Waals surface area contributed by atoms with Crippen LogP contribution in [-0.4, -0.2) is 36.3 Å². The van der Waals surface area contributed by atoms with Gasteiger partial charge in [-0.25, -0.2) is 9.78 Å². The van der Waals surface area contributed by atoms with Crippen molar-refractivity contribution < 1.29 is 32.2 Å². The summed E-state index contributed by atoms with van der Waals surface area (Å²) in [5.74, 6) is 0.117. The number of pyridine rings is 1. The first-order chi connectivity index (χ1) is 14.7. The third kappa shape index (κ3) is 5.10. The predicted molar refractivity (Wildman–Crippen MR) is 110 cm³/mol. The highest BCUT2D eigenvalue weighted by molar-refractivity contribution is 5.87. The lowest BCUT2D eigenvalue weighted by molar-refractivity contribution is -0.136. The number of fused-ring (bicyclic) bond motifs is 1. The van der Waals surface area contributed by atoms with Crippen LogP contribution in [0.5, 0.6) is 5.75 Å². The molecule has 2 heterocycles. The van der Waals surface area contributed by atoms with Gasteiger partial charge in [0.1, 0.15) is 29.0 Å². The number of carboxylic acids is 1. The lowest BCUT2D eigenvalue weighted by Gasteiger charge is -2.18. The molecule has 1 aromatic carbocycles. The standard InChI is InChI=1S/C22H23F3N2O4/c1-3-5-16-18(8-7-15-17(22(23,24)25)13-31-20(15)16)30-11-4-10-27(2)19-9-6-14(12-26-19)21(28)29/h6-9,12-13H,3-5,10-11H2,1-2H3,(H,28,29). The molecule has 0 unspecified atom stereocenters. The Morgan fingerprint density at radius 2 is 2.03 bits per heavy atom. The molecular weight excluding hydrogens is 413 g/mol. The number of nitrogens with zero attached hydrogens (tertiary/aromatic N) is 2. The summed E-state index contributed by atoms with van der Waals surface area (Å²) in [5, 5.41) is 8.97. The average Bonchev–Trinajstić information content (AvgIpc) is 3.17. The van der Waals surface area contributed by atoms with Crippen LogP contribution in [0.4, 0.5) is 19.0 Å². The number of anilines is 1. The molecule has 0 aliphatic carbocycles. The monoisotopic (exact) mass is 436 g/mol. The largest absolute Gasteiger partial charge is 0.493 e. The highest BCUT2D eigenvalue weighted by atomic mass is 19.4. The quantitative estimate of drug-likeness (QED) is 0.453. The van der Waals surface area contributed by atoms with Crippen molar-refractivity contribution in [2.45, 2.75) is 32.4 Å². The Kier molecular flexibility index (Phi) is 6.72. The number of hydrogen-bond donors (Lipinski definition) is 1. The van der Waals surface area contributed by atoms with E-state index in [9.17, 15) is 18.0 Å². The van der Waals surface area contributed by atoms with Gasteiger partial charge in [0.15, 0.2) is 0 Å². The van der Waals surface area contributed by atoms with Crippen LogP contribution >= 0.6 is 0 Å². The van der Waals surface area contributed by atoms with Gasteiger partial charge in [-0.1, -0.05) is 13.3 Å². The highest BCUT2D eigenvalue weighted by Gasteiger charge is 2.35.